The van der Waals surface area contributed by atoms with Gasteiger partial charge in [-0.2, -0.15) is 0 Å². The van der Waals surface area contributed by atoms with Crippen molar-refractivity contribution < 1.29 is 4.74 Å². The molecule has 0 aromatic carbocycles. The van der Waals surface area contributed by atoms with Gasteiger partial charge in [-0.1, -0.05) is 33.1 Å². The van der Waals surface area contributed by atoms with E-state index in [0.29, 0.717) is 12.0 Å². The van der Waals surface area contributed by atoms with Crippen molar-refractivity contribution in [1.29, 1.82) is 0 Å². The molecule has 1 saturated carbocycles. The third-order valence-corrected chi connectivity index (χ3v) is 5.99. The van der Waals surface area contributed by atoms with Crippen LogP contribution in [0.3, 0.4) is 0 Å². The summed E-state index contributed by atoms with van der Waals surface area (Å²) in [6, 6.07) is 0.629. The lowest BCUT2D eigenvalue weighted by molar-refractivity contribution is -0.0803. The number of nitrogens with one attached hydrogen (secondary N) is 1. The highest BCUT2D eigenvalue weighted by molar-refractivity contribution is 5.01. The molecule has 1 aliphatic heterocycles. The van der Waals surface area contributed by atoms with E-state index in [1.165, 1.54) is 38.5 Å². The van der Waals surface area contributed by atoms with E-state index in [2.05, 4.69) is 46.9 Å². The zero-order valence-corrected chi connectivity index (χ0v) is 15.2. The fourth-order valence-electron chi connectivity index (χ4n) is 4.99. The van der Waals surface area contributed by atoms with Crippen LogP contribution in [0, 0.1) is 17.8 Å². The predicted octanol–water partition coefficient (Wildman–Crippen LogP) is 4.77. The summed E-state index contributed by atoms with van der Waals surface area (Å²) >= 11 is 0. The molecule has 1 N–H and O–H groups in total. The minimum absolute atomic E-state index is 0.00204. The summed E-state index contributed by atoms with van der Waals surface area (Å²) in [7, 11) is 0. The first-order valence-electron chi connectivity index (χ1n) is 9.22. The van der Waals surface area contributed by atoms with Crippen LogP contribution in [0.5, 0.6) is 0 Å². The largest absolute Gasteiger partial charge is 0.369 e. The van der Waals surface area contributed by atoms with Crippen LogP contribution in [-0.4, -0.2) is 23.8 Å². The van der Waals surface area contributed by atoms with Crippen LogP contribution in [0.1, 0.15) is 80.1 Å². The Kier molecular flexibility index (Phi) is 5.41. The average Bonchev–Trinajstić information content (AvgIpc) is 2.64. The molecule has 0 amide bonds. The van der Waals surface area contributed by atoms with Gasteiger partial charge in [0.05, 0.1) is 11.2 Å². The third-order valence-electron chi connectivity index (χ3n) is 5.99. The maximum absolute atomic E-state index is 6.37. The van der Waals surface area contributed by atoms with Crippen molar-refractivity contribution in [2.45, 2.75) is 97.3 Å². The molecule has 0 spiro atoms. The van der Waals surface area contributed by atoms with Gasteiger partial charge in [0.2, 0.25) is 0 Å². The highest BCUT2D eigenvalue weighted by Crippen LogP contribution is 2.47. The molecule has 0 aromatic rings. The molecule has 0 bridgehead atoms. The summed E-state index contributed by atoms with van der Waals surface area (Å²) < 4.78 is 6.37. The monoisotopic (exact) mass is 295 g/mol. The first kappa shape index (κ1) is 17.3. The van der Waals surface area contributed by atoms with Gasteiger partial charge in [0.25, 0.3) is 0 Å². The molecule has 0 radical (unpaired) electrons. The number of rotatable bonds is 5. The van der Waals surface area contributed by atoms with E-state index < -0.39 is 0 Å². The summed E-state index contributed by atoms with van der Waals surface area (Å²) in [4.78, 5) is 0. The van der Waals surface area contributed by atoms with Gasteiger partial charge in [-0.15, -0.1) is 0 Å². The molecule has 1 heterocycles. The second-order valence-corrected chi connectivity index (χ2v) is 8.55. The lowest BCUT2D eigenvalue weighted by Gasteiger charge is -2.41. The predicted molar refractivity (Wildman–Crippen MR) is 90.6 cm³/mol. The van der Waals surface area contributed by atoms with Crippen molar-refractivity contribution in [3.05, 3.63) is 0 Å². The molecule has 1 aliphatic carbocycles. The normalized spacial score (nSPS) is 36.6. The Morgan fingerprint density at radius 2 is 1.67 bits per heavy atom. The Morgan fingerprint density at radius 1 is 1.05 bits per heavy atom. The van der Waals surface area contributed by atoms with Gasteiger partial charge < -0.3 is 10.1 Å². The molecule has 0 aromatic heterocycles. The van der Waals surface area contributed by atoms with E-state index in [-0.39, 0.29) is 11.2 Å². The summed E-state index contributed by atoms with van der Waals surface area (Å²) in [5, 5.41) is 3.84. The molecular weight excluding hydrogens is 258 g/mol. The average molecular weight is 296 g/mol. The summed E-state index contributed by atoms with van der Waals surface area (Å²) in [6.45, 7) is 14.8. The second kappa shape index (κ2) is 6.58. The quantitative estimate of drug-likeness (QED) is 0.788. The highest BCUT2D eigenvalue weighted by Gasteiger charge is 2.50. The molecule has 2 heteroatoms. The van der Waals surface area contributed by atoms with Crippen LogP contribution in [0.25, 0.3) is 0 Å². The molecular formula is C19H37NO. The zero-order valence-electron chi connectivity index (χ0n) is 15.2. The zero-order chi connectivity index (χ0) is 15.7. The van der Waals surface area contributed by atoms with Crippen LogP contribution in [-0.2, 0) is 4.74 Å². The fourth-order valence-corrected chi connectivity index (χ4v) is 4.99. The van der Waals surface area contributed by atoms with Crippen LogP contribution in [0.2, 0.25) is 0 Å². The molecule has 124 valence electrons. The van der Waals surface area contributed by atoms with E-state index >= 15 is 0 Å². The Bertz CT molecular complexity index is 328. The van der Waals surface area contributed by atoms with Crippen molar-refractivity contribution >= 4 is 0 Å². The number of hydrogen-bond donors (Lipinski definition) is 1. The first-order chi connectivity index (χ1) is 9.79. The molecule has 2 fully saturated rings. The van der Waals surface area contributed by atoms with Crippen LogP contribution < -0.4 is 5.32 Å². The maximum atomic E-state index is 6.37. The lowest BCUT2D eigenvalue weighted by atomic mass is 9.70. The van der Waals surface area contributed by atoms with E-state index in [1.807, 2.05) is 0 Å². The van der Waals surface area contributed by atoms with Gasteiger partial charge in [-0.25, -0.2) is 0 Å². The Labute approximate surface area is 132 Å². The van der Waals surface area contributed by atoms with E-state index in [1.54, 1.807) is 0 Å². The van der Waals surface area contributed by atoms with Crippen molar-refractivity contribution in [2.24, 2.45) is 17.8 Å². The van der Waals surface area contributed by atoms with Gasteiger partial charge in [0, 0.05) is 12.0 Å². The van der Waals surface area contributed by atoms with Gasteiger partial charge in [-0.3, -0.25) is 0 Å². The van der Waals surface area contributed by atoms with Crippen LogP contribution in [0.4, 0.5) is 0 Å². The third kappa shape index (κ3) is 4.01. The van der Waals surface area contributed by atoms with E-state index in [9.17, 15) is 0 Å². The van der Waals surface area contributed by atoms with Gasteiger partial charge in [0.15, 0.2) is 0 Å². The number of hydrogen-bond acceptors (Lipinski definition) is 2. The van der Waals surface area contributed by atoms with Crippen molar-refractivity contribution in [2.75, 3.05) is 6.54 Å². The SMILES string of the molecule is CCNC(C1CCC(CC)CC1)C1CC(C)(C)OC1(C)C. The summed E-state index contributed by atoms with van der Waals surface area (Å²) in [5.41, 5.74) is 0.0282. The van der Waals surface area contributed by atoms with Crippen molar-refractivity contribution in [3.8, 4) is 0 Å². The molecule has 21 heavy (non-hydrogen) atoms. The standard InChI is InChI=1S/C19H37NO/c1-7-14-9-11-15(12-10-14)17(20-8-2)16-13-18(3,4)21-19(16,5)6/h14-17,20H,7-13H2,1-6H3. The Morgan fingerprint density at radius 3 is 2.10 bits per heavy atom. The molecule has 2 nitrogen and oxygen atoms in total. The topological polar surface area (TPSA) is 21.3 Å². The maximum Gasteiger partial charge on any atom is 0.0677 e. The minimum Gasteiger partial charge on any atom is -0.369 e. The molecule has 2 unspecified atom stereocenters. The Balaban J connectivity index is 2.08. The smallest absolute Gasteiger partial charge is 0.0677 e. The first-order valence-corrected chi connectivity index (χ1v) is 9.22. The highest BCUT2D eigenvalue weighted by atomic mass is 16.5. The van der Waals surface area contributed by atoms with Gasteiger partial charge in [0.1, 0.15) is 0 Å². The van der Waals surface area contributed by atoms with Crippen molar-refractivity contribution in [1.82, 2.24) is 5.32 Å². The second-order valence-electron chi connectivity index (χ2n) is 8.55. The van der Waals surface area contributed by atoms with Crippen LogP contribution >= 0.6 is 0 Å². The Hall–Kier alpha value is -0.0800. The molecule has 2 atom stereocenters. The number of ether oxygens (including phenoxy) is 1. The fraction of sp³-hybridized carbons (Fsp3) is 1.00. The van der Waals surface area contributed by atoms with Gasteiger partial charge >= 0.3 is 0 Å². The van der Waals surface area contributed by atoms with E-state index in [4.69, 9.17) is 4.74 Å². The van der Waals surface area contributed by atoms with E-state index in [0.717, 1.165) is 18.4 Å². The van der Waals surface area contributed by atoms with Gasteiger partial charge in [-0.05, 0) is 65.3 Å². The summed E-state index contributed by atoms with van der Waals surface area (Å²) in [5.74, 6) is 2.46. The minimum atomic E-state index is -0.00204. The molecule has 1 saturated heterocycles. The molecule has 2 aliphatic rings. The lowest BCUT2D eigenvalue weighted by Crippen LogP contribution is -2.49. The van der Waals surface area contributed by atoms with Crippen LogP contribution in [0.15, 0.2) is 0 Å². The summed E-state index contributed by atoms with van der Waals surface area (Å²) in [6.07, 6.45) is 8.22. The molecule has 2 rings (SSSR count). The van der Waals surface area contributed by atoms with Crippen molar-refractivity contribution in [3.63, 3.8) is 0 Å².